The summed E-state index contributed by atoms with van der Waals surface area (Å²) < 4.78 is 15.1. The van der Waals surface area contributed by atoms with Crippen LogP contribution in [0.25, 0.3) is 66.3 Å². The predicted molar refractivity (Wildman–Crippen MR) is 220 cm³/mol. The summed E-state index contributed by atoms with van der Waals surface area (Å²) in [7, 11) is -3.10. The first kappa shape index (κ1) is 31.6. The van der Waals surface area contributed by atoms with Crippen LogP contribution in [-0.2, 0) is 4.57 Å². The maximum absolute atomic E-state index is 15.1. The molecule has 0 bridgehead atoms. The molecule has 246 valence electrons. The van der Waals surface area contributed by atoms with Crippen LogP contribution in [0.2, 0.25) is 0 Å². The standard InChI is InChI=1S/C49H34NOP/c51-52(39-21-9-3-10-22-39,40-23-11-4-12-24-40)41-31-29-37(30-32-41)48-42-25-13-15-27-44(42)49(45-28-16-14-26-43(45)48)38-33-46(35-17-5-1-6-18-35)50-47(34-38)36-19-7-2-8-20-36/h1-34H. The Morgan fingerprint density at radius 3 is 1.04 bits per heavy atom. The maximum atomic E-state index is 15.1. The average Bonchev–Trinajstić information content (AvgIpc) is 3.23. The average molecular weight is 684 g/mol. The quantitative estimate of drug-likeness (QED) is 0.124. The van der Waals surface area contributed by atoms with Crippen LogP contribution in [-0.4, -0.2) is 4.98 Å². The normalized spacial score (nSPS) is 11.5. The van der Waals surface area contributed by atoms with Gasteiger partial charge in [-0.1, -0.05) is 194 Å². The minimum absolute atomic E-state index is 0.817. The molecule has 0 atom stereocenters. The van der Waals surface area contributed by atoms with Crippen molar-refractivity contribution in [1.29, 1.82) is 0 Å². The summed E-state index contributed by atoms with van der Waals surface area (Å²) in [6.45, 7) is 0. The molecule has 0 aliphatic rings. The van der Waals surface area contributed by atoms with E-state index in [0.29, 0.717) is 0 Å². The minimum Gasteiger partial charge on any atom is -0.309 e. The largest absolute Gasteiger partial charge is 0.309 e. The van der Waals surface area contributed by atoms with Gasteiger partial charge in [0.05, 0.1) is 11.4 Å². The van der Waals surface area contributed by atoms with Crippen molar-refractivity contribution >= 4 is 44.6 Å². The second-order valence-corrected chi connectivity index (χ2v) is 15.8. The molecule has 8 aromatic carbocycles. The lowest BCUT2D eigenvalue weighted by Crippen LogP contribution is -2.24. The summed E-state index contributed by atoms with van der Waals surface area (Å²) in [4.78, 5) is 5.17. The molecule has 52 heavy (non-hydrogen) atoms. The highest BCUT2D eigenvalue weighted by Crippen LogP contribution is 2.46. The number of nitrogens with zero attached hydrogens (tertiary/aromatic N) is 1. The van der Waals surface area contributed by atoms with Crippen molar-refractivity contribution in [2.24, 2.45) is 0 Å². The first-order chi connectivity index (χ1) is 25.7. The van der Waals surface area contributed by atoms with E-state index in [-0.39, 0.29) is 0 Å². The monoisotopic (exact) mass is 683 g/mol. The Labute approximate surface area is 304 Å². The van der Waals surface area contributed by atoms with Gasteiger partial charge in [-0.25, -0.2) is 4.98 Å². The Bertz CT molecular complexity index is 2570. The van der Waals surface area contributed by atoms with E-state index in [1.807, 2.05) is 72.8 Å². The van der Waals surface area contributed by atoms with Crippen LogP contribution < -0.4 is 15.9 Å². The minimum atomic E-state index is -3.10. The van der Waals surface area contributed by atoms with E-state index < -0.39 is 7.14 Å². The van der Waals surface area contributed by atoms with Crippen molar-refractivity contribution < 1.29 is 4.57 Å². The summed E-state index contributed by atoms with van der Waals surface area (Å²) in [6, 6.07) is 70.9. The Morgan fingerprint density at radius 1 is 0.308 bits per heavy atom. The van der Waals surface area contributed by atoms with Gasteiger partial charge in [-0.15, -0.1) is 0 Å². The molecule has 2 nitrogen and oxygen atoms in total. The van der Waals surface area contributed by atoms with Gasteiger partial charge in [-0.2, -0.15) is 0 Å². The maximum Gasteiger partial charge on any atom is 0.171 e. The smallest absolute Gasteiger partial charge is 0.171 e. The highest BCUT2D eigenvalue weighted by molar-refractivity contribution is 7.85. The van der Waals surface area contributed by atoms with Gasteiger partial charge in [0.25, 0.3) is 0 Å². The SMILES string of the molecule is O=P(c1ccccc1)(c1ccccc1)c1ccc(-c2c3ccccc3c(-c3cc(-c4ccccc4)nc(-c4ccccc4)c3)c3ccccc23)cc1. The summed E-state index contributed by atoms with van der Waals surface area (Å²) >= 11 is 0. The van der Waals surface area contributed by atoms with E-state index in [2.05, 4.69) is 133 Å². The molecule has 0 aliphatic heterocycles. The van der Waals surface area contributed by atoms with Gasteiger partial charge in [0, 0.05) is 27.0 Å². The summed E-state index contributed by atoms with van der Waals surface area (Å²) in [6.07, 6.45) is 0. The van der Waals surface area contributed by atoms with Crippen molar-refractivity contribution in [2.75, 3.05) is 0 Å². The highest BCUT2D eigenvalue weighted by atomic mass is 31.2. The van der Waals surface area contributed by atoms with Crippen LogP contribution in [0.3, 0.4) is 0 Å². The molecule has 9 aromatic rings. The summed E-state index contributed by atoms with van der Waals surface area (Å²) in [5.41, 5.74) is 8.58. The molecule has 1 aromatic heterocycles. The molecule has 0 spiro atoms. The van der Waals surface area contributed by atoms with Crippen LogP contribution in [0, 0.1) is 0 Å². The molecule has 0 saturated heterocycles. The fourth-order valence-electron chi connectivity index (χ4n) is 7.50. The zero-order chi connectivity index (χ0) is 34.9. The predicted octanol–water partition coefficient (Wildman–Crippen LogP) is 11.7. The highest BCUT2D eigenvalue weighted by Gasteiger charge is 2.29. The van der Waals surface area contributed by atoms with Crippen LogP contribution in [0.4, 0.5) is 0 Å². The third-order valence-corrected chi connectivity index (χ3v) is 13.0. The lowest BCUT2D eigenvalue weighted by Gasteiger charge is -2.21. The van der Waals surface area contributed by atoms with Crippen molar-refractivity contribution in [3.63, 3.8) is 0 Å². The zero-order valence-corrected chi connectivity index (χ0v) is 29.3. The third-order valence-electron chi connectivity index (χ3n) is 9.94. The third kappa shape index (κ3) is 5.55. The van der Waals surface area contributed by atoms with Gasteiger partial charge < -0.3 is 4.57 Å². The molecule has 0 saturated carbocycles. The second kappa shape index (κ2) is 13.4. The van der Waals surface area contributed by atoms with Gasteiger partial charge in [0.15, 0.2) is 7.14 Å². The number of rotatable bonds is 7. The van der Waals surface area contributed by atoms with E-state index in [9.17, 15) is 0 Å². The van der Waals surface area contributed by atoms with Crippen LogP contribution in [0.5, 0.6) is 0 Å². The molecule has 0 unspecified atom stereocenters. The summed E-state index contributed by atoms with van der Waals surface area (Å²) in [5.74, 6) is 0. The number of hydrogen-bond donors (Lipinski definition) is 0. The van der Waals surface area contributed by atoms with Crippen LogP contribution in [0.1, 0.15) is 0 Å². The topological polar surface area (TPSA) is 30.0 Å². The molecule has 0 fully saturated rings. The molecule has 0 amide bonds. The zero-order valence-electron chi connectivity index (χ0n) is 28.4. The molecule has 0 radical (unpaired) electrons. The number of fused-ring (bicyclic) bond motifs is 2. The molecule has 9 rings (SSSR count). The molecular formula is C49H34NOP. The number of benzene rings is 8. The van der Waals surface area contributed by atoms with E-state index in [1.54, 1.807) is 0 Å². The first-order valence-corrected chi connectivity index (χ1v) is 19.3. The number of hydrogen-bond acceptors (Lipinski definition) is 2. The molecule has 0 aliphatic carbocycles. The van der Waals surface area contributed by atoms with Crippen molar-refractivity contribution in [2.45, 2.75) is 0 Å². The Kier molecular flexibility index (Phi) is 8.16. The van der Waals surface area contributed by atoms with Crippen LogP contribution in [0.15, 0.2) is 206 Å². The molecule has 1 heterocycles. The van der Waals surface area contributed by atoms with Gasteiger partial charge in [0.2, 0.25) is 0 Å². The Morgan fingerprint density at radius 2 is 0.635 bits per heavy atom. The van der Waals surface area contributed by atoms with E-state index in [1.165, 1.54) is 16.3 Å². The number of pyridine rings is 1. The lowest BCUT2D eigenvalue weighted by molar-refractivity contribution is 0.592. The van der Waals surface area contributed by atoms with Crippen molar-refractivity contribution in [3.8, 4) is 44.8 Å². The van der Waals surface area contributed by atoms with Gasteiger partial charge in [-0.05, 0) is 55.9 Å². The van der Waals surface area contributed by atoms with Gasteiger partial charge >= 0.3 is 0 Å². The van der Waals surface area contributed by atoms with Crippen molar-refractivity contribution in [1.82, 2.24) is 4.98 Å². The Balaban J connectivity index is 1.26. The fraction of sp³-hybridized carbons (Fsp3) is 0. The lowest BCUT2D eigenvalue weighted by atomic mass is 9.85. The van der Waals surface area contributed by atoms with Crippen LogP contribution >= 0.6 is 7.14 Å². The van der Waals surface area contributed by atoms with Gasteiger partial charge in [0.1, 0.15) is 0 Å². The van der Waals surface area contributed by atoms with E-state index in [0.717, 1.165) is 65.9 Å². The molecule has 3 heteroatoms. The second-order valence-electron chi connectivity index (χ2n) is 13.0. The van der Waals surface area contributed by atoms with E-state index >= 15 is 4.57 Å². The molecule has 0 N–H and O–H groups in total. The molecular weight excluding hydrogens is 650 g/mol. The van der Waals surface area contributed by atoms with E-state index in [4.69, 9.17) is 4.98 Å². The Hall–Kier alpha value is -6.34. The fourth-order valence-corrected chi connectivity index (χ4v) is 10.1. The first-order valence-electron chi connectivity index (χ1n) is 17.6. The summed E-state index contributed by atoms with van der Waals surface area (Å²) in [5, 5.41) is 7.15. The number of aromatic nitrogens is 1. The van der Waals surface area contributed by atoms with Crippen molar-refractivity contribution in [3.05, 3.63) is 206 Å². The van der Waals surface area contributed by atoms with Gasteiger partial charge in [-0.3, -0.25) is 0 Å².